The summed E-state index contributed by atoms with van der Waals surface area (Å²) in [6, 6.07) is 4.02. The SMILES string of the molecule is CCOC(=O)COc1cc([N+](=O)[O-])ccc1OCCN(CC)CCOC. The van der Waals surface area contributed by atoms with Crippen molar-refractivity contribution in [1.82, 2.24) is 4.90 Å². The Bertz CT molecular complexity index is 580. The summed E-state index contributed by atoms with van der Waals surface area (Å²) in [6.07, 6.45) is 0. The Hall–Kier alpha value is -2.39. The van der Waals surface area contributed by atoms with Gasteiger partial charge in [-0.15, -0.1) is 0 Å². The molecule has 0 aliphatic heterocycles. The van der Waals surface area contributed by atoms with Gasteiger partial charge in [0.1, 0.15) is 6.61 Å². The fourth-order valence-corrected chi connectivity index (χ4v) is 2.11. The number of carbonyl (C=O) groups excluding carboxylic acids is 1. The second-order valence-electron chi connectivity index (χ2n) is 5.26. The fraction of sp³-hybridized carbons (Fsp3) is 0.588. The number of likely N-dealkylation sites (N-methyl/N-ethyl adjacent to an activating group) is 1. The van der Waals surface area contributed by atoms with Crippen LogP contribution in [0.1, 0.15) is 13.8 Å². The normalized spacial score (nSPS) is 10.6. The maximum atomic E-state index is 11.4. The second kappa shape index (κ2) is 12.0. The first-order valence-corrected chi connectivity index (χ1v) is 8.42. The number of esters is 1. The molecular formula is C17H26N2O7. The molecule has 146 valence electrons. The molecule has 0 heterocycles. The van der Waals surface area contributed by atoms with Crippen LogP contribution in [0.15, 0.2) is 18.2 Å². The van der Waals surface area contributed by atoms with E-state index in [1.165, 1.54) is 18.2 Å². The van der Waals surface area contributed by atoms with Crippen LogP contribution in [0.4, 0.5) is 5.69 Å². The van der Waals surface area contributed by atoms with Gasteiger partial charge in [0.25, 0.3) is 5.69 Å². The standard InChI is InChI=1S/C17H26N2O7/c1-4-18(8-10-23-3)9-11-25-15-7-6-14(19(21)22)12-16(15)26-13-17(20)24-5-2/h6-7,12H,4-5,8-11,13H2,1-3H3. The third-order valence-electron chi connectivity index (χ3n) is 3.51. The van der Waals surface area contributed by atoms with Gasteiger partial charge in [-0.3, -0.25) is 15.0 Å². The first-order chi connectivity index (χ1) is 12.5. The first kappa shape index (κ1) is 21.7. The molecule has 1 aromatic rings. The van der Waals surface area contributed by atoms with Crippen molar-refractivity contribution >= 4 is 11.7 Å². The molecule has 0 atom stereocenters. The van der Waals surface area contributed by atoms with Crippen LogP contribution in [0.2, 0.25) is 0 Å². The smallest absolute Gasteiger partial charge is 0.344 e. The van der Waals surface area contributed by atoms with E-state index in [4.69, 9.17) is 18.9 Å². The molecular weight excluding hydrogens is 344 g/mol. The molecule has 0 fully saturated rings. The van der Waals surface area contributed by atoms with Gasteiger partial charge in [-0.25, -0.2) is 4.79 Å². The van der Waals surface area contributed by atoms with Crippen molar-refractivity contribution in [1.29, 1.82) is 0 Å². The van der Waals surface area contributed by atoms with Gasteiger partial charge in [-0.1, -0.05) is 6.92 Å². The molecule has 0 radical (unpaired) electrons. The van der Waals surface area contributed by atoms with Crippen LogP contribution >= 0.6 is 0 Å². The molecule has 0 bridgehead atoms. The van der Waals surface area contributed by atoms with E-state index in [-0.39, 0.29) is 24.7 Å². The van der Waals surface area contributed by atoms with E-state index in [1.54, 1.807) is 14.0 Å². The lowest BCUT2D eigenvalue weighted by Gasteiger charge is -2.20. The molecule has 0 aliphatic rings. The summed E-state index contributed by atoms with van der Waals surface area (Å²) in [5, 5.41) is 10.9. The van der Waals surface area contributed by atoms with Crippen molar-refractivity contribution in [3.8, 4) is 11.5 Å². The predicted octanol–water partition coefficient (Wildman–Crippen LogP) is 1.88. The number of nitrogens with zero attached hydrogens (tertiary/aromatic N) is 2. The molecule has 1 rings (SSSR count). The molecule has 1 aromatic carbocycles. The number of ether oxygens (including phenoxy) is 4. The summed E-state index contributed by atoms with van der Waals surface area (Å²) < 4.78 is 20.9. The number of methoxy groups -OCH3 is 1. The number of nitro groups is 1. The predicted molar refractivity (Wildman–Crippen MR) is 94.7 cm³/mol. The Kier molecular flexibility index (Phi) is 10.0. The van der Waals surface area contributed by atoms with E-state index in [9.17, 15) is 14.9 Å². The zero-order valence-electron chi connectivity index (χ0n) is 15.4. The third kappa shape index (κ3) is 7.66. The Morgan fingerprint density at radius 3 is 2.50 bits per heavy atom. The van der Waals surface area contributed by atoms with E-state index in [0.29, 0.717) is 25.5 Å². The second-order valence-corrected chi connectivity index (χ2v) is 5.26. The lowest BCUT2D eigenvalue weighted by molar-refractivity contribution is -0.385. The molecule has 0 saturated carbocycles. The molecule has 9 nitrogen and oxygen atoms in total. The molecule has 0 aromatic heterocycles. The van der Waals surface area contributed by atoms with E-state index in [1.807, 2.05) is 6.92 Å². The lowest BCUT2D eigenvalue weighted by Crippen LogP contribution is -2.31. The van der Waals surface area contributed by atoms with Crippen LogP contribution in [0.25, 0.3) is 0 Å². The summed E-state index contributed by atoms with van der Waals surface area (Å²) in [7, 11) is 1.65. The number of non-ortho nitro benzene ring substituents is 1. The molecule has 0 spiro atoms. The molecule has 9 heteroatoms. The maximum absolute atomic E-state index is 11.4. The molecule has 26 heavy (non-hydrogen) atoms. The van der Waals surface area contributed by atoms with Crippen molar-refractivity contribution in [2.24, 2.45) is 0 Å². The van der Waals surface area contributed by atoms with E-state index in [2.05, 4.69) is 4.90 Å². The number of benzene rings is 1. The Balaban J connectivity index is 2.72. The molecule has 0 aliphatic carbocycles. The number of rotatable bonds is 13. The summed E-state index contributed by atoms with van der Waals surface area (Å²) in [4.78, 5) is 24.0. The Morgan fingerprint density at radius 1 is 1.15 bits per heavy atom. The number of hydrogen-bond donors (Lipinski definition) is 0. The fourth-order valence-electron chi connectivity index (χ4n) is 2.11. The zero-order chi connectivity index (χ0) is 19.4. The van der Waals surface area contributed by atoms with Gasteiger partial charge in [0, 0.05) is 26.3 Å². The van der Waals surface area contributed by atoms with Crippen LogP contribution in [0, 0.1) is 10.1 Å². The van der Waals surface area contributed by atoms with Crippen molar-refractivity contribution in [2.75, 3.05) is 53.2 Å². The van der Waals surface area contributed by atoms with Gasteiger partial charge < -0.3 is 18.9 Å². The quantitative estimate of drug-likeness (QED) is 0.295. The summed E-state index contributed by atoms with van der Waals surface area (Å²) >= 11 is 0. The average molecular weight is 370 g/mol. The van der Waals surface area contributed by atoms with Crippen molar-refractivity contribution in [3.05, 3.63) is 28.3 Å². The van der Waals surface area contributed by atoms with Gasteiger partial charge in [0.05, 0.1) is 24.2 Å². The Morgan fingerprint density at radius 2 is 1.88 bits per heavy atom. The number of hydrogen-bond acceptors (Lipinski definition) is 8. The largest absolute Gasteiger partial charge is 0.488 e. The topological polar surface area (TPSA) is 100 Å². The summed E-state index contributed by atoms with van der Waals surface area (Å²) in [6.45, 7) is 6.88. The summed E-state index contributed by atoms with van der Waals surface area (Å²) in [5.41, 5.74) is -0.147. The van der Waals surface area contributed by atoms with Crippen molar-refractivity contribution in [2.45, 2.75) is 13.8 Å². The number of nitro benzene ring substituents is 1. The van der Waals surface area contributed by atoms with Crippen molar-refractivity contribution < 1.29 is 28.7 Å². The van der Waals surface area contributed by atoms with Gasteiger partial charge in [0.15, 0.2) is 18.1 Å². The zero-order valence-corrected chi connectivity index (χ0v) is 15.4. The van der Waals surface area contributed by atoms with Gasteiger partial charge >= 0.3 is 5.97 Å². The van der Waals surface area contributed by atoms with Crippen LogP contribution in [0.5, 0.6) is 11.5 Å². The highest BCUT2D eigenvalue weighted by molar-refractivity contribution is 5.71. The first-order valence-electron chi connectivity index (χ1n) is 8.42. The maximum Gasteiger partial charge on any atom is 0.344 e. The monoisotopic (exact) mass is 370 g/mol. The molecule has 0 saturated heterocycles. The highest BCUT2D eigenvalue weighted by atomic mass is 16.6. The third-order valence-corrected chi connectivity index (χ3v) is 3.51. The van der Waals surface area contributed by atoms with Gasteiger partial charge in [-0.05, 0) is 19.5 Å². The van der Waals surface area contributed by atoms with E-state index >= 15 is 0 Å². The Labute approximate surface area is 152 Å². The molecule has 0 amide bonds. The van der Waals surface area contributed by atoms with Crippen LogP contribution < -0.4 is 9.47 Å². The highest BCUT2D eigenvalue weighted by Gasteiger charge is 2.15. The van der Waals surface area contributed by atoms with Crippen LogP contribution in [0.3, 0.4) is 0 Å². The average Bonchev–Trinajstić information content (AvgIpc) is 2.63. The minimum atomic E-state index is -0.554. The van der Waals surface area contributed by atoms with E-state index < -0.39 is 10.9 Å². The van der Waals surface area contributed by atoms with E-state index in [0.717, 1.165) is 13.1 Å². The highest BCUT2D eigenvalue weighted by Crippen LogP contribution is 2.31. The molecule has 0 N–H and O–H groups in total. The lowest BCUT2D eigenvalue weighted by atomic mass is 10.3. The molecule has 0 unspecified atom stereocenters. The number of carbonyl (C=O) groups is 1. The minimum absolute atomic E-state index is 0.132. The van der Waals surface area contributed by atoms with Gasteiger partial charge in [-0.2, -0.15) is 0 Å². The van der Waals surface area contributed by atoms with Crippen LogP contribution in [-0.2, 0) is 14.3 Å². The van der Waals surface area contributed by atoms with Crippen molar-refractivity contribution in [3.63, 3.8) is 0 Å². The minimum Gasteiger partial charge on any atom is -0.488 e. The van der Waals surface area contributed by atoms with Crippen LogP contribution in [-0.4, -0.2) is 69.0 Å². The van der Waals surface area contributed by atoms with Gasteiger partial charge in [0.2, 0.25) is 0 Å². The summed E-state index contributed by atoms with van der Waals surface area (Å²) in [5.74, 6) is -0.0865.